The van der Waals surface area contributed by atoms with Crippen LogP contribution in [-0.2, 0) is 4.79 Å². The van der Waals surface area contributed by atoms with E-state index in [4.69, 9.17) is 0 Å². The number of amidine groups is 1. The van der Waals surface area contributed by atoms with Gasteiger partial charge in [0.1, 0.15) is 0 Å². The molecular formula is C18H14BrN3O2S. The smallest absolute Gasteiger partial charge is 0.240 e. The van der Waals surface area contributed by atoms with Gasteiger partial charge in [-0.1, -0.05) is 70.2 Å². The van der Waals surface area contributed by atoms with Gasteiger partial charge < -0.3 is 5.32 Å². The number of hydrogen-bond donors (Lipinski definition) is 1. The van der Waals surface area contributed by atoms with Crippen molar-refractivity contribution in [2.75, 3.05) is 0 Å². The first-order valence-electron chi connectivity index (χ1n) is 7.54. The van der Waals surface area contributed by atoms with E-state index < -0.39 is 5.25 Å². The maximum absolute atomic E-state index is 12.3. The molecule has 1 heterocycles. The lowest BCUT2D eigenvalue weighted by atomic mass is 10.1. The van der Waals surface area contributed by atoms with Crippen LogP contribution in [0.2, 0.25) is 0 Å². The van der Waals surface area contributed by atoms with Crippen LogP contribution in [-0.4, -0.2) is 28.3 Å². The zero-order chi connectivity index (χ0) is 17.6. The van der Waals surface area contributed by atoms with Gasteiger partial charge in [0.25, 0.3) is 0 Å². The molecule has 0 bridgehead atoms. The average Bonchev–Trinajstić information content (AvgIpc) is 2.96. The largest absolute Gasteiger partial charge is 0.303 e. The van der Waals surface area contributed by atoms with Gasteiger partial charge in [-0.15, -0.1) is 5.10 Å². The summed E-state index contributed by atoms with van der Waals surface area (Å²) in [5, 5.41) is 10.6. The van der Waals surface area contributed by atoms with E-state index in [1.165, 1.54) is 11.8 Å². The summed E-state index contributed by atoms with van der Waals surface area (Å²) in [5.41, 5.74) is 1.51. The normalized spacial score (nSPS) is 18.7. The third kappa shape index (κ3) is 4.87. The van der Waals surface area contributed by atoms with Crippen molar-refractivity contribution in [2.24, 2.45) is 10.2 Å². The van der Waals surface area contributed by atoms with E-state index in [1.807, 2.05) is 30.3 Å². The second-order valence-electron chi connectivity index (χ2n) is 5.29. The molecule has 2 aromatic rings. The summed E-state index contributed by atoms with van der Waals surface area (Å²) in [4.78, 5) is 24.3. The zero-order valence-electron chi connectivity index (χ0n) is 13.1. The standard InChI is InChI=1S/C18H14BrN3O2S/c19-14-8-6-13(7-9-14)15(23)10-16-17(24)21-18(25-16)22-20-11-12-4-2-1-3-5-12/h1-9,11,16H,10H2,(H,21,22,24). The summed E-state index contributed by atoms with van der Waals surface area (Å²) in [6.45, 7) is 0. The van der Waals surface area contributed by atoms with Crippen LogP contribution in [0.25, 0.3) is 0 Å². The quantitative estimate of drug-likeness (QED) is 0.460. The number of nitrogens with zero attached hydrogens (tertiary/aromatic N) is 2. The van der Waals surface area contributed by atoms with E-state index in [-0.39, 0.29) is 18.1 Å². The summed E-state index contributed by atoms with van der Waals surface area (Å²) < 4.78 is 0.905. The summed E-state index contributed by atoms with van der Waals surface area (Å²) in [6, 6.07) is 16.6. The Morgan fingerprint density at radius 2 is 1.88 bits per heavy atom. The molecule has 1 N–H and O–H groups in total. The molecule has 3 rings (SSSR count). The van der Waals surface area contributed by atoms with Crippen molar-refractivity contribution >= 4 is 50.8 Å². The Hall–Kier alpha value is -2.25. The fourth-order valence-corrected chi connectivity index (χ4v) is 3.38. The molecule has 5 nitrogen and oxygen atoms in total. The van der Waals surface area contributed by atoms with Crippen LogP contribution in [0.4, 0.5) is 0 Å². The van der Waals surface area contributed by atoms with Crippen molar-refractivity contribution in [2.45, 2.75) is 11.7 Å². The van der Waals surface area contributed by atoms with Crippen molar-refractivity contribution in [1.29, 1.82) is 0 Å². The van der Waals surface area contributed by atoms with Gasteiger partial charge in [0.2, 0.25) is 5.91 Å². The number of nitrogens with one attached hydrogen (secondary N) is 1. The van der Waals surface area contributed by atoms with Crippen LogP contribution in [0.1, 0.15) is 22.3 Å². The molecule has 2 aromatic carbocycles. The van der Waals surface area contributed by atoms with E-state index in [9.17, 15) is 9.59 Å². The first kappa shape index (κ1) is 17.6. The Balaban J connectivity index is 1.60. The molecular weight excluding hydrogens is 402 g/mol. The molecule has 0 aromatic heterocycles. The monoisotopic (exact) mass is 415 g/mol. The van der Waals surface area contributed by atoms with Crippen LogP contribution in [0.5, 0.6) is 0 Å². The Morgan fingerprint density at radius 3 is 2.60 bits per heavy atom. The molecule has 126 valence electrons. The maximum Gasteiger partial charge on any atom is 0.240 e. The third-order valence-corrected chi connectivity index (χ3v) is 5.07. The minimum absolute atomic E-state index is 0.0748. The number of thioether (sulfide) groups is 1. The molecule has 0 aliphatic carbocycles. The molecule has 0 saturated carbocycles. The highest BCUT2D eigenvalue weighted by Crippen LogP contribution is 2.24. The SMILES string of the molecule is O=C(CC1SC(=NN=Cc2ccccc2)NC1=O)c1ccc(Br)cc1. The number of amides is 1. The van der Waals surface area contributed by atoms with Gasteiger partial charge in [-0.05, 0) is 17.7 Å². The number of halogens is 1. The summed E-state index contributed by atoms with van der Waals surface area (Å²) >= 11 is 4.56. The van der Waals surface area contributed by atoms with Crippen LogP contribution in [0.3, 0.4) is 0 Å². The van der Waals surface area contributed by atoms with E-state index in [2.05, 4.69) is 31.4 Å². The van der Waals surface area contributed by atoms with E-state index in [0.29, 0.717) is 10.7 Å². The molecule has 1 fully saturated rings. The average molecular weight is 416 g/mol. The number of hydrogen-bond acceptors (Lipinski definition) is 5. The number of benzene rings is 2. The summed E-state index contributed by atoms with van der Waals surface area (Å²) in [6.07, 6.45) is 1.74. The molecule has 0 radical (unpaired) electrons. The van der Waals surface area contributed by atoms with Crippen LogP contribution in [0.15, 0.2) is 69.3 Å². The van der Waals surface area contributed by atoms with Gasteiger partial charge in [0.15, 0.2) is 11.0 Å². The minimum Gasteiger partial charge on any atom is -0.303 e. The Bertz CT molecular complexity index is 835. The number of ketones is 1. The number of carbonyl (C=O) groups is 2. The maximum atomic E-state index is 12.3. The van der Waals surface area contributed by atoms with Crippen molar-refractivity contribution < 1.29 is 9.59 Å². The summed E-state index contributed by atoms with van der Waals surface area (Å²) in [7, 11) is 0. The van der Waals surface area contributed by atoms with Gasteiger partial charge in [0.05, 0.1) is 11.5 Å². The van der Waals surface area contributed by atoms with Crippen LogP contribution < -0.4 is 5.32 Å². The Kier molecular flexibility index (Phi) is 5.78. The van der Waals surface area contributed by atoms with Crippen molar-refractivity contribution in [3.05, 3.63) is 70.2 Å². The van der Waals surface area contributed by atoms with Crippen LogP contribution >= 0.6 is 27.7 Å². The fourth-order valence-electron chi connectivity index (χ4n) is 2.20. The number of rotatable bonds is 5. The lowest BCUT2D eigenvalue weighted by Crippen LogP contribution is -2.26. The molecule has 1 unspecified atom stereocenters. The molecule has 0 spiro atoms. The Labute approximate surface area is 157 Å². The predicted molar refractivity (Wildman–Crippen MR) is 104 cm³/mol. The molecule has 1 amide bonds. The predicted octanol–water partition coefficient (Wildman–Crippen LogP) is 3.64. The second kappa shape index (κ2) is 8.22. The van der Waals surface area contributed by atoms with Gasteiger partial charge >= 0.3 is 0 Å². The molecule has 1 aliphatic heterocycles. The van der Waals surface area contributed by atoms with Gasteiger partial charge in [-0.25, -0.2) is 0 Å². The first-order chi connectivity index (χ1) is 12.1. The van der Waals surface area contributed by atoms with Gasteiger partial charge in [-0.2, -0.15) is 5.10 Å². The van der Waals surface area contributed by atoms with Gasteiger partial charge in [0, 0.05) is 16.5 Å². The lowest BCUT2D eigenvalue weighted by Gasteiger charge is -2.04. The minimum atomic E-state index is -0.484. The zero-order valence-corrected chi connectivity index (χ0v) is 15.5. The molecule has 1 saturated heterocycles. The highest BCUT2D eigenvalue weighted by Gasteiger charge is 2.32. The second-order valence-corrected chi connectivity index (χ2v) is 7.40. The van der Waals surface area contributed by atoms with E-state index in [1.54, 1.807) is 30.5 Å². The van der Waals surface area contributed by atoms with E-state index >= 15 is 0 Å². The Morgan fingerprint density at radius 1 is 1.16 bits per heavy atom. The molecule has 25 heavy (non-hydrogen) atoms. The topological polar surface area (TPSA) is 70.9 Å². The number of carbonyl (C=O) groups excluding carboxylic acids is 2. The fraction of sp³-hybridized carbons (Fsp3) is 0.111. The lowest BCUT2D eigenvalue weighted by molar-refractivity contribution is -0.118. The van der Waals surface area contributed by atoms with Crippen molar-refractivity contribution in [3.63, 3.8) is 0 Å². The first-order valence-corrected chi connectivity index (χ1v) is 9.21. The number of Topliss-reactive ketones (excluding diaryl/α,β-unsaturated/α-hetero) is 1. The van der Waals surface area contributed by atoms with Crippen molar-refractivity contribution in [1.82, 2.24) is 5.32 Å². The summed E-state index contributed by atoms with van der Waals surface area (Å²) in [5.74, 6) is -0.293. The van der Waals surface area contributed by atoms with Crippen molar-refractivity contribution in [3.8, 4) is 0 Å². The molecule has 1 atom stereocenters. The van der Waals surface area contributed by atoms with Crippen LogP contribution in [0, 0.1) is 0 Å². The highest BCUT2D eigenvalue weighted by molar-refractivity contribution is 9.10. The van der Waals surface area contributed by atoms with Gasteiger partial charge in [-0.3, -0.25) is 9.59 Å². The third-order valence-electron chi connectivity index (χ3n) is 3.47. The molecule has 1 aliphatic rings. The van der Waals surface area contributed by atoms with E-state index in [0.717, 1.165) is 10.0 Å². The molecule has 7 heteroatoms. The highest BCUT2D eigenvalue weighted by atomic mass is 79.9.